The van der Waals surface area contributed by atoms with Crippen LogP contribution in [0.3, 0.4) is 0 Å². The lowest BCUT2D eigenvalue weighted by Gasteiger charge is -2.30. The van der Waals surface area contributed by atoms with Crippen LogP contribution in [0.1, 0.15) is 55.7 Å². The molecule has 164 valence electrons. The number of aromatic nitrogens is 3. The number of aryl methyl sites for hydroxylation is 1. The highest BCUT2D eigenvalue weighted by Gasteiger charge is 2.35. The summed E-state index contributed by atoms with van der Waals surface area (Å²) >= 11 is 1.77. The fraction of sp³-hybridized carbons (Fsp3) is 0.458. The van der Waals surface area contributed by atoms with Gasteiger partial charge in [-0.25, -0.2) is 9.97 Å². The number of nitrogens with one attached hydrogen (secondary N) is 1. The normalized spacial score (nSPS) is 15.6. The summed E-state index contributed by atoms with van der Waals surface area (Å²) in [4.78, 5) is 22.8. The Kier molecular flexibility index (Phi) is 5.83. The number of benzene rings is 1. The molecule has 0 saturated heterocycles. The van der Waals surface area contributed by atoms with Crippen molar-refractivity contribution in [2.75, 3.05) is 18.0 Å². The van der Waals surface area contributed by atoms with E-state index in [4.69, 9.17) is 5.73 Å². The zero-order valence-corrected chi connectivity index (χ0v) is 19.8. The van der Waals surface area contributed by atoms with Crippen molar-refractivity contribution in [1.29, 1.82) is 0 Å². The number of hydrogen-bond acceptors (Lipinski definition) is 6. The highest BCUT2D eigenvalue weighted by molar-refractivity contribution is 7.99. The molecule has 3 N–H and O–H groups in total. The van der Waals surface area contributed by atoms with Crippen LogP contribution < -0.4 is 11.1 Å². The molecule has 0 unspecified atom stereocenters. The summed E-state index contributed by atoms with van der Waals surface area (Å²) in [5.41, 5.74) is 11.0. The van der Waals surface area contributed by atoms with Crippen molar-refractivity contribution in [2.45, 2.75) is 58.4 Å². The second-order valence-corrected chi connectivity index (χ2v) is 10.6. The molecule has 0 amide bonds. The zero-order chi connectivity index (χ0) is 22.3. The minimum Gasteiger partial charge on any atom is -0.383 e. The quantitative estimate of drug-likeness (QED) is 0.434. The Labute approximate surface area is 188 Å². The molecule has 0 atom stereocenters. The number of anilines is 1. The van der Waals surface area contributed by atoms with Gasteiger partial charge in [0.25, 0.3) is 0 Å². The third kappa shape index (κ3) is 4.21. The topological polar surface area (TPSA) is 85.8 Å². The van der Waals surface area contributed by atoms with Gasteiger partial charge in [0.2, 0.25) is 0 Å². The zero-order valence-electron chi connectivity index (χ0n) is 19.0. The number of hydrogen-bond donors (Lipinski definition) is 2. The van der Waals surface area contributed by atoms with Gasteiger partial charge in [-0.1, -0.05) is 27.7 Å². The van der Waals surface area contributed by atoms with Crippen molar-refractivity contribution >= 4 is 34.3 Å². The van der Waals surface area contributed by atoms with Gasteiger partial charge in [0.05, 0.1) is 16.1 Å². The molecular weight excluding hydrogens is 406 g/mol. The maximum atomic E-state index is 12.9. The summed E-state index contributed by atoms with van der Waals surface area (Å²) in [6, 6.07) is 4.53. The number of fused-ring (bicyclic) bond motifs is 2. The van der Waals surface area contributed by atoms with E-state index in [1.54, 1.807) is 11.8 Å². The predicted octanol–water partition coefficient (Wildman–Crippen LogP) is 4.56. The largest absolute Gasteiger partial charge is 0.383 e. The molecule has 2 aromatic heterocycles. The van der Waals surface area contributed by atoms with Crippen LogP contribution in [-0.2, 0) is 6.42 Å². The van der Waals surface area contributed by atoms with Crippen molar-refractivity contribution in [3.05, 3.63) is 41.5 Å². The SMILES string of the molecule is Cc1cn(-c2ccc3c(N)ncnc3c2SCCNC(C)C)c2c1C(=O)CC(C)(C)C2. The van der Waals surface area contributed by atoms with E-state index in [9.17, 15) is 4.79 Å². The van der Waals surface area contributed by atoms with Gasteiger partial charge in [-0.05, 0) is 36.5 Å². The Bertz CT molecular complexity index is 1150. The maximum absolute atomic E-state index is 12.9. The first-order chi connectivity index (χ1) is 14.7. The number of carbonyl (C=O) groups excluding carboxylic acids is 1. The number of ketones is 1. The second-order valence-electron chi connectivity index (χ2n) is 9.47. The van der Waals surface area contributed by atoms with Crippen molar-refractivity contribution in [2.24, 2.45) is 5.41 Å². The lowest BCUT2D eigenvalue weighted by molar-refractivity contribution is 0.0910. The van der Waals surface area contributed by atoms with E-state index in [1.165, 1.54) is 6.33 Å². The Morgan fingerprint density at radius 2 is 2.03 bits per heavy atom. The molecule has 0 bridgehead atoms. The van der Waals surface area contributed by atoms with Crippen molar-refractivity contribution in [3.63, 3.8) is 0 Å². The molecule has 0 aliphatic heterocycles. The van der Waals surface area contributed by atoms with Crippen LogP contribution in [0.4, 0.5) is 5.82 Å². The Morgan fingerprint density at radius 1 is 1.26 bits per heavy atom. The van der Waals surface area contributed by atoms with E-state index >= 15 is 0 Å². The van der Waals surface area contributed by atoms with Crippen LogP contribution in [0.25, 0.3) is 16.6 Å². The summed E-state index contributed by atoms with van der Waals surface area (Å²) in [7, 11) is 0. The smallest absolute Gasteiger partial charge is 0.165 e. The number of Topliss-reactive ketones (excluding diaryl/α,β-unsaturated/α-hetero) is 1. The lowest BCUT2D eigenvalue weighted by Crippen LogP contribution is -2.28. The van der Waals surface area contributed by atoms with Gasteiger partial charge in [-0.15, -0.1) is 11.8 Å². The van der Waals surface area contributed by atoms with Gasteiger partial charge in [0, 0.05) is 47.6 Å². The molecule has 0 saturated carbocycles. The van der Waals surface area contributed by atoms with E-state index in [2.05, 4.69) is 59.8 Å². The second kappa shape index (κ2) is 8.28. The molecule has 1 aliphatic carbocycles. The fourth-order valence-corrected chi connectivity index (χ4v) is 5.48. The number of nitrogen functional groups attached to an aromatic ring is 1. The third-order valence-corrected chi connectivity index (χ3v) is 6.89. The van der Waals surface area contributed by atoms with Gasteiger partial charge in [-0.2, -0.15) is 0 Å². The standard InChI is InChI=1S/C24H31N5OS/c1-14(2)26-8-9-31-22-17(7-6-16-21(22)27-13-28-23(16)25)29-12-15(3)20-18(29)10-24(4,5)11-19(20)30/h6-7,12-14,26H,8-11H2,1-5H3,(H2,25,27,28). The molecule has 31 heavy (non-hydrogen) atoms. The molecule has 0 fully saturated rings. The number of carbonyl (C=O) groups is 1. The molecule has 0 spiro atoms. The van der Waals surface area contributed by atoms with E-state index in [-0.39, 0.29) is 11.2 Å². The van der Waals surface area contributed by atoms with Crippen LogP contribution in [0, 0.1) is 12.3 Å². The fourth-order valence-electron chi connectivity index (χ4n) is 4.44. The Balaban J connectivity index is 1.86. The van der Waals surface area contributed by atoms with Crippen LogP contribution in [0.5, 0.6) is 0 Å². The van der Waals surface area contributed by atoms with Crippen molar-refractivity contribution in [3.8, 4) is 5.69 Å². The minimum absolute atomic E-state index is 0.0510. The molecular formula is C24H31N5OS. The first-order valence-corrected chi connectivity index (χ1v) is 11.8. The summed E-state index contributed by atoms with van der Waals surface area (Å²) < 4.78 is 2.21. The van der Waals surface area contributed by atoms with Crippen LogP contribution in [0.15, 0.2) is 29.6 Å². The number of thioether (sulfide) groups is 1. The number of nitrogens with zero attached hydrogens (tertiary/aromatic N) is 3. The van der Waals surface area contributed by atoms with Crippen LogP contribution in [-0.4, -0.2) is 38.7 Å². The summed E-state index contributed by atoms with van der Waals surface area (Å²) in [6.45, 7) is 11.6. The molecule has 6 nitrogen and oxygen atoms in total. The third-order valence-electron chi connectivity index (χ3n) is 5.79. The van der Waals surface area contributed by atoms with Crippen LogP contribution >= 0.6 is 11.8 Å². The highest BCUT2D eigenvalue weighted by Crippen LogP contribution is 2.41. The van der Waals surface area contributed by atoms with Gasteiger partial charge in [0.1, 0.15) is 12.1 Å². The number of rotatable bonds is 6. The molecule has 4 rings (SSSR count). The highest BCUT2D eigenvalue weighted by atomic mass is 32.2. The van der Waals surface area contributed by atoms with Crippen molar-refractivity contribution < 1.29 is 4.79 Å². The van der Waals surface area contributed by atoms with Gasteiger partial charge in [-0.3, -0.25) is 4.79 Å². The lowest BCUT2D eigenvalue weighted by atomic mass is 9.75. The summed E-state index contributed by atoms with van der Waals surface area (Å²) in [5.74, 6) is 1.63. The van der Waals surface area contributed by atoms with Gasteiger partial charge >= 0.3 is 0 Å². The average molecular weight is 438 g/mol. The molecule has 2 heterocycles. The van der Waals surface area contributed by atoms with E-state index in [0.29, 0.717) is 18.3 Å². The first kappa shape index (κ1) is 21.8. The van der Waals surface area contributed by atoms with Gasteiger partial charge < -0.3 is 15.6 Å². The van der Waals surface area contributed by atoms with Crippen molar-refractivity contribution in [1.82, 2.24) is 19.9 Å². The molecule has 1 aromatic carbocycles. The monoisotopic (exact) mass is 437 g/mol. The molecule has 3 aromatic rings. The Morgan fingerprint density at radius 3 is 2.77 bits per heavy atom. The van der Waals surface area contributed by atoms with E-state index in [1.807, 2.05) is 13.0 Å². The minimum atomic E-state index is -0.0510. The molecule has 7 heteroatoms. The summed E-state index contributed by atoms with van der Waals surface area (Å²) in [6.07, 6.45) is 5.09. The first-order valence-electron chi connectivity index (χ1n) is 10.8. The van der Waals surface area contributed by atoms with E-state index in [0.717, 1.165) is 57.0 Å². The predicted molar refractivity (Wildman–Crippen MR) is 128 cm³/mol. The summed E-state index contributed by atoms with van der Waals surface area (Å²) in [5, 5.41) is 4.34. The average Bonchev–Trinajstić information content (AvgIpc) is 3.00. The molecule has 0 radical (unpaired) electrons. The van der Waals surface area contributed by atoms with Gasteiger partial charge in [0.15, 0.2) is 5.78 Å². The number of nitrogens with two attached hydrogens (primary N) is 1. The van der Waals surface area contributed by atoms with E-state index < -0.39 is 0 Å². The maximum Gasteiger partial charge on any atom is 0.165 e. The van der Waals surface area contributed by atoms with Crippen LogP contribution in [0.2, 0.25) is 0 Å². The Hall–Kier alpha value is -2.38. The molecule has 1 aliphatic rings.